The van der Waals surface area contributed by atoms with E-state index in [2.05, 4.69) is 32.9 Å². The Balaban J connectivity index is 2.10. The van der Waals surface area contributed by atoms with E-state index >= 15 is 0 Å². The highest BCUT2D eigenvalue weighted by molar-refractivity contribution is 5.28. The molecule has 0 aliphatic heterocycles. The highest BCUT2D eigenvalue weighted by Crippen LogP contribution is 2.23. The smallest absolute Gasteiger partial charge is 0.379 e. The van der Waals surface area contributed by atoms with E-state index in [0.717, 1.165) is 10.3 Å². The molecule has 0 radical (unpaired) electrons. The van der Waals surface area contributed by atoms with Crippen LogP contribution >= 0.6 is 0 Å². The van der Waals surface area contributed by atoms with Crippen LogP contribution in [0.25, 0.3) is 0 Å². The first-order valence-electron chi connectivity index (χ1n) is 6.37. The Morgan fingerprint density at radius 1 is 1.11 bits per heavy atom. The Morgan fingerprint density at radius 2 is 1.89 bits per heavy atom. The van der Waals surface area contributed by atoms with Gasteiger partial charge in [-0.3, -0.25) is 0 Å². The Labute approximate surface area is 114 Å². The lowest BCUT2D eigenvalue weighted by molar-refractivity contribution is -0.613. The van der Waals surface area contributed by atoms with Crippen LogP contribution in [0, 0.1) is 5.21 Å². The van der Waals surface area contributed by atoms with Crippen LogP contribution in [0.2, 0.25) is 0 Å². The van der Waals surface area contributed by atoms with Crippen molar-refractivity contribution in [2.75, 3.05) is 0 Å². The molecule has 3 heteroatoms. The van der Waals surface area contributed by atoms with Crippen molar-refractivity contribution in [2.45, 2.75) is 32.8 Å². The van der Waals surface area contributed by atoms with Gasteiger partial charge in [0.1, 0.15) is 6.61 Å². The Bertz CT molecular complexity index is 559. The maximum Gasteiger partial charge on any atom is 0.379 e. The Kier molecular flexibility index (Phi) is 3.74. The molecule has 1 heterocycles. The summed E-state index contributed by atoms with van der Waals surface area (Å²) in [6.07, 6.45) is 1.43. The van der Waals surface area contributed by atoms with E-state index in [1.54, 1.807) is 18.2 Å². The van der Waals surface area contributed by atoms with Crippen molar-refractivity contribution in [1.29, 1.82) is 0 Å². The first-order chi connectivity index (χ1) is 8.97. The summed E-state index contributed by atoms with van der Waals surface area (Å²) in [5.74, 6) is 0.323. The van der Waals surface area contributed by atoms with Gasteiger partial charge in [-0.05, 0) is 22.6 Å². The molecule has 1 aromatic carbocycles. The van der Waals surface area contributed by atoms with Crippen LogP contribution in [0.15, 0.2) is 48.7 Å². The van der Waals surface area contributed by atoms with Gasteiger partial charge in [-0.25, -0.2) is 0 Å². The standard InChI is InChI=1S/C16H19NO2/c1-16(2,3)14-8-6-7-13(11-14)12-19-15-9-4-5-10-17(15)18/h4-11H,12H2,1-3H3. The van der Waals surface area contributed by atoms with E-state index in [-0.39, 0.29) is 5.41 Å². The number of aromatic nitrogens is 1. The molecule has 0 bridgehead atoms. The van der Waals surface area contributed by atoms with Crippen molar-refractivity contribution in [3.05, 3.63) is 65.0 Å². The summed E-state index contributed by atoms with van der Waals surface area (Å²) in [5.41, 5.74) is 2.44. The molecule has 0 aliphatic carbocycles. The van der Waals surface area contributed by atoms with Crippen LogP contribution in [-0.4, -0.2) is 0 Å². The molecule has 0 unspecified atom stereocenters. The molecule has 19 heavy (non-hydrogen) atoms. The SMILES string of the molecule is CC(C)(C)c1cccc(COc2cccc[n+]2[O-])c1. The molecule has 2 aromatic rings. The zero-order valence-corrected chi connectivity index (χ0v) is 11.6. The van der Waals surface area contributed by atoms with Crippen LogP contribution in [0.3, 0.4) is 0 Å². The van der Waals surface area contributed by atoms with Gasteiger partial charge in [-0.1, -0.05) is 45.0 Å². The number of rotatable bonds is 3. The van der Waals surface area contributed by atoms with Gasteiger partial charge in [-0.2, -0.15) is 0 Å². The van der Waals surface area contributed by atoms with E-state index in [1.165, 1.54) is 11.8 Å². The summed E-state index contributed by atoms with van der Waals surface area (Å²) in [6.45, 7) is 6.93. The van der Waals surface area contributed by atoms with Crippen molar-refractivity contribution < 1.29 is 9.47 Å². The number of ether oxygens (including phenoxy) is 1. The van der Waals surface area contributed by atoms with Gasteiger partial charge >= 0.3 is 5.88 Å². The summed E-state index contributed by atoms with van der Waals surface area (Å²) in [7, 11) is 0. The molecular weight excluding hydrogens is 238 g/mol. The van der Waals surface area contributed by atoms with Gasteiger partial charge in [0.2, 0.25) is 0 Å². The molecular formula is C16H19NO2. The number of hydrogen-bond donors (Lipinski definition) is 0. The van der Waals surface area contributed by atoms with Crippen LogP contribution in [0.4, 0.5) is 0 Å². The fourth-order valence-corrected chi connectivity index (χ4v) is 1.81. The largest absolute Gasteiger partial charge is 0.616 e. The van der Waals surface area contributed by atoms with Gasteiger partial charge in [0.15, 0.2) is 6.20 Å². The topological polar surface area (TPSA) is 36.2 Å². The maximum absolute atomic E-state index is 11.5. The second-order valence-electron chi connectivity index (χ2n) is 5.60. The molecule has 3 nitrogen and oxygen atoms in total. The molecule has 0 N–H and O–H groups in total. The van der Waals surface area contributed by atoms with Crippen molar-refractivity contribution in [3.8, 4) is 5.88 Å². The zero-order valence-electron chi connectivity index (χ0n) is 11.6. The van der Waals surface area contributed by atoms with E-state index in [4.69, 9.17) is 4.74 Å². The van der Waals surface area contributed by atoms with Crippen molar-refractivity contribution in [3.63, 3.8) is 0 Å². The van der Waals surface area contributed by atoms with Crippen LogP contribution in [0.1, 0.15) is 31.9 Å². The summed E-state index contributed by atoms with van der Waals surface area (Å²) in [6, 6.07) is 13.4. The summed E-state index contributed by atoms with van der Waals surface area (Å²) in [4.78, 5) is 0. The minimum absolute atomic E-state index is 0.112. The molecule has 1 aromatic heterocycles. The average Bonchev–Trinajstić information content (AvgIpc) is 2.37. The minimum Gasteiger partial charge on any atom is -0.616 e. The van der Waals surface area contributed by atoms with E-state index in [9.17, 15) is 5.21 Å². The average molecular weight is 257 g/mol. The molecule has 0 fully saturated rings. The van der Waals surface area contributed by atoms with E-state index in [0.29, 0.717) is 12.5 Å². The lowest BCUT2D eigenvalue weighted by Gasteiger charge is -2.19. The third-order valence-corrected chi connectivity index (χ3v) is 2.97. The molecule has 0 saturated heterocycles. The quantitative estimate of drug-likeness (QED) is 0.625. The fourth-order valence-electron chi connectivity index (χ4n) is 1.81. The van der Waals surface area contributed by atoms with E-state index in [1.807, 2.05) is 12.1 Å². The predicted molar refractivity (Wildman–Crippen MR) is 74.9 cm³/mol. The number of pyridine rings is 1. The molecule has 0 aliphatic rings. The highest BCUT2D eigenvalue weighted by atomic mass is 16.5. The lowest BCUT2D eigenvalue weighted by atomic mass is 9.86. The summed E-state index contributed by atoms with van der Waals surface area (Å²) < 4.78 is 6.27. The zero-order chi connectivity index (χ0) is 13.9. The molecule has 100 valence electrons. The Morgan fingerprint density at radius 3 is 2.58 bits per heavy atom. The third kappa shape index (κ3) is 3.47. The highest BCUT2D eigenvalue weighted by Gasteiger charge is 2.14. The Hall–Kier alpha value is -2.03. The second kappa shape index (κ2) is 5.31. The van der Waals surface area contributed by atoms with Gasteiger partial charge < -0.3 is 9.94 Å². The van der Waals surface area contributed by atoms with Crippen molar-refractivity contribution in [1.82, 2.24) is 0 Å². The number of benzene rings is 1. The number of hydrogen-bond acceptors (Lipinski definition) is 2. The van der Waals surface area contributed by atoms with Crippen LogP contribution < -0.4 is 9.47 Å². The van der Waals surface area contributed by atoms with Gasteiger partial charge in [-0.15, -0.1) is 4.73 Å². The lowest BCUT2D eigenvalue weighted by Crippen LogP contribution is -2.27. The second-order valence-corrected chi connectivity index (χ2v) is 5.60. The summed E-state index contributed by atoms with van der Waals surface area (Å²) in [5, 5.41) is 11.5. The first-order valence-corrected chi connectivity index (χ1v) is 6.37. The summed E-state index contributed by atoms with van der Waals surface area (Å²) >= 11 is 0. The molecule has 0 spiro atoms. The monoisotopic (exact) mass is 257 g/mol. The van der Waals surface area contributed by atoms with Gasteiger partial charge in [0, 0.05) is 6.07 Å². The van der Waals surface area contributed by atoms with Crippen molar-refractivity contribution in [2.24, 2.45) is 0 Å². The minimum atomic E-state index is 0.112. The van der Waals surface area contributed by atoms with Crippen LogP contribution in [-0.2, 0) is 12.0 Å². The van der Waals surface area contributed by atoms with Crippen LogP contribution in [0.5, 0.6) is 5.88 Å². The van der Waals surface area contributed by atoms with E-state index < -0.39 is 0 Å². The third-order valence-electron chi connectivity index (χ3n) is 2.97. The molecule has 0 saturated carbocycles. The van der Waals surface area contributed by atoms with Crippen molar-refractivity contribution >= 4 is 0 Å². The number of nitrogens with zero attached hydrogens (tertiary/aromatic N) is 1. The molecule has 2 rings (SSSR count). The predicted octanol–water partition coefficient (Wildman–Crippen LogP) is 3.20. The fraction of sp³-hybridized carbons (Fsp3) is 0.312. The van der Waals surface area contributed by atoms with Gasteiger partial charge in [0.25, 0.3) is 0 Å². The first kappa shape index (κ1) is 13.4. The molecule has 0 atom stereocenters. The normalized spacial score (nSPS) is 11.3. The molecule has 0 amide bonds. The van der Waals surface area contributed by atoms with Gasteiger partial charge in [0.05, 0.1) is 6.07 Å². The maximum atomic E-state index is 11.5.